The third-order valence-electron chi connectivity index (χ3n) is 8.38. The van der Waals surface area contributed by atoms with Crippen LogP contribution in [0.2, 0.25) is 5.02 Å². The molecule has 4 aromatic rings. The molecule has 7 rings (SSSR count). The lowest BCUT2D eigenvalue weighted by molar-refractivity contribution is -0.138. The minimum Gasteiger partial charge on any atom is -0.491 e. The van der Waals surface area contributed by atoms with E-state index in [-0.39, 0.29) is 52.9 Å². The zero-order valence-electron chi connectivity index (χ0n) is 24.3. The largest absolute Gasteiger partial charge is 0.491 e. The number of benzene rings is 2. The first-order valence-corrected chi connectivity index (χ1v) is 15.0. The topological polar surface area (TPSA) is 115 Å². The Morgan fingerprint density at radius 1 is 1.16 bits per heavy atom. The van der Waals surface area contributed by atoms with Crippen molar-refractivity contribution in [3.63, 3.8) is 0 Å². The van der Waals surface area contributed by atoms with Crippen molar-refractivity contribution in [2.75, 3.05) is 43.0 Å². The molecule has 0 spiro atoms. The predicted molar refractivity (Wildman–Crippen MR) is 160 cm³/mol. The maximum absolute atomic E-state index is 14.0. The quantitative estimate of drug-likeness (QED) is 0.326. The number of halogens is 4. The van der Waals surface area contributed by atoms with Crippen molar-refractivity contribution in [1.29, 1.82) is 0 Å². The van der Waals surface area contributed by atoms with Gasteiger partial charge in [0.05, 0.1) is 36.1 Å². The third-order valence-corrected chi connectivity index (χ3v) is 8.68. The fraction of sp³-hybridized carbons (Fsp3) is 0.400. The highest BCUT2D eigenvalue weighted by Gasteiger charge is 2.38. The van der Waals surface area contributed by atoms with Gasteiger partial charge >= 0.3 is 6.18 Å². The Hall–Kier alpha value is -4.14. The Balaban J connectivity index is 1.32. The van der Waals surface area contributed by atoms with E-state index in [0.717, 1.165) is 17.2 Å². The molecule has 1 saturated heterocycles. The normalized spacial score (nSPS) is 16.2. The zero-order valence-corrected chi connectivity index (χ0v) is 25.0. The number of amides is 1. The third kappa shape index (κ3) is 5.20. The molecule has 3 aliphatic heterocycles. The molecule has 2 N–H and O–H groups in total. The van der Waals surface area contributed by atoms with Crippen molar-refractivity contribution in [3.8, 4) is 17.1 Å². The molecule has 0 unspecified atom stereocenters. The maximum atomic E-state index is 14.0. The minimum absolute atomic E-state index is 0.0258. The summed E-state index contributed by atoms with van der Waals surface area (Å²) in [7, 11) is 0. The van der Waals surface area contributed by atoms with Gasteiger partial charge in [-0.2, -0.15) is 22.7 Å². The summed E-state index contributed by atoms with van der Waals surface area (Å²) in [4.78, 5) is 34.4. The highest BCUT2D eigenvalue weighted by atomic mass is 35.5. The van der Waals surface area contributed by atoms with Crippen LogP contribution >= 0.6 is 11.6 Å². The molecule has 45 heavy (non-hydrogen) atoms. The van der Waals surface area contributed by atoms with Gasteiger partial charge in [0.15, 0.2) is 5.82 Å². The average molecular weight is 644 g/mol. The van der Waals surface area contributed by atoms with Crippen molar-refractivity contribution >= 4 is 34.7 Å². The number of aromatic nitrogens is 4. The van der Waals surface area contributed by atoms with Gasteiger partial charge in [-0.15, -0.1) is 5.10 Å². The first-order chi connectivity index (χ1) is 21.6. The molecule has 0 aliphatic carbocycles. The monoisotopic (exact) mass is 643 g/mol. The van der Waals surface area contributed by atoms with Crippen LogP contribution in [-0.2, 0) is 48.3 Å². The van der Waals surface area contributed by atoms with E-state index in [9.17, 15) is 22.8 Å². The molecule has 3 aliphatic rings. The number of carbonyl (C=O) groups is 1. The lowest BCUT2D eigenvalue weighted by atomic mass is 10.0. The summed E-state index contributed by atoms with van der Waals surface area (Å²) in [6.07, 6.45) is -4.19. The summed E-state index contributed by atoms with van der Waals surface area (Å²) in [5.74, 6) is -0.194. The second kappa shape index (κ2) is 11.3. The van der Waals surface area contributed by atoms with Gasteiger partial charge in [0.25, 0.3) is 5.56 Å². The van der Waals surface area contributed by atoms with E-state index in [1.54, 1.807) is 4.57 Å². The average Bonchev–Trinajstić information content (AvgIpc) is 3.79. The predicted octanol–water partition coefficient (Wildman–Crippen LogP) is 3.81. The zero-order chi connectivity index (χ0) is 31.5. The van der Waals surface area contributed by atoms with E-state index in [1.807, 2.05) is 30.0 Å². The number of carbonyl (C=O) groups excluding carboxylic acids is 1. The van der Waals surface area contributed by atoms with Crippen LogP contribution < -0.4 is 25.8 Å². The first-order valence-electron chi connectivity index (χ1n) is 14.7. The summed E-state index contributed by atoms with van der Waals surface area (Å²) in [5, 5.41) is 10.3. The number of nitrogens with one attached hydrogen (secondary N) is 2. The second-order valence-corrected chi connectivity index (χ2v) is 11.5. The molecular formula is C30H29ClF3N7O4. The Kier molecular flexibility index (Phi) is 7.45. The summed E-state index contributed by atoms with van der Waals surface area (Å²) in [6, 6.07) is 6.56. The van der Waals surface area contributed by atoms with Crippen molar-refractivity contribution in [1.82, 2.24) is 24.5 Å². The van der Waals surface area contributed by atoms with E-state index in [1.165, 1.54) is 4.52 Å². The number of nitrogens with zero attached hydrogens (tertiary/aromatic N) is 5. The molecule has 0 bridgehead atoms. The van der Waals surface area contributed by atoms with Crippen LogP contribution in [0.5, 0.6) is 5.75 Å². The summed E-state index contributed by atoms with van der Waals surface area (Å²) in [5.41, 5.74) is 2.49. The van der Waals surface area contributed by atoms with Gasteiger partial charge in [-0.05, 0) is 29.7 Å². The summed E-state index contributed by atoms with van der Waals surface area (Å²) >= 11 is 6.29. The number of ether oxygens (including phenoxy) is 2. The van der Waals surface area contributed by atoms with E-state index < -0.39 is 17.6 Å². The Bertz CT molecular complexity index is 1900. The molecule has 1 amide bonds. The van der Waals surface area contributed by atoms with E-state index in [2.05, 4.69) is 15.7 Å². The molecule has 1 fully saturated rings. The van der Waals surface area contributed by atoms with Gasteiger partial charge in [0.1, 0.15) is 23.7 Å². The minimum atomic E-state index is -4.63. The Labute approximate surface area is 259 Å². The standard InChI is InChI=1S/C30H29ClF3N7O4/c1-2-22-25(39-8-6-35-7-9-39)28(43)41-29(37-27(38-41)16-3-4-17-14-44-15-18(17)11-16)40(22)13-23(42)36-24-21(31)12-20(30(32,33)34)19-5-10-45-26(19)24/h3-4,11-12,35H,2,5-10,13-15H2,1H3,(H,36,42). The van der Waals surface area contributed by atoms with Gasteiger partial charge in [0.2, 0.25) is 11.7 Å². The van der Waals surface area contributed by atoms with Gasteiger partial charge in [-0.25, -0.2) is 0 Å². The fourth-order valence-electron chi connectivity index (χ4n) is 6.27. The van der Waals surface area contributed by atoms with Crippen LogP contribution in [0.4, 0.5) is 24.5 Å². The number of piperazine rings is 1. The van der Waals surface area contributed by atoms with Crippen LogP contribution in [0.1, 0.15) is 34.9 Å². The van der Waals surface area contributed by atoms with Gasteiger partial charge in [0, 0.05) is 43.7 Å². The maximum Gasteiger partial charge on any atom is 0.416 e. The van der Waals surface area contributed by atoms with Crippen molar-refractivity contribution in [3.05, 3.63) is 67.6 Å². The second-order valence-electron chi connectivity index (χ2n) is 11.1. The first kappa shape index (κ1) is 29.6. The van der Waals surface area contributed by atoms with Crippen LogP contribution in [-0.4, -0.2) is 57.9 Å². The van der Waals surface area contributed by atoms with Crippen molar-refractivity contribution < 1.29 is 27.4 Å². The Morgan fingerprint density at radius 2 is 1.93 bits per heavy atom. The number of rotatable bonds is 6. The Morgan fingerprint density at radius 3 is 2.69 bits per heavy atom. The number of anilines is 2. The molecule has 236 valence electrons. The van der Waals surface area contributed by atoms with Gasteiger partial charge < -0.3 is 29.6 Å². The number of hydrogen-bond donors (Lipinski definition) is 2. The van der Waals surface area contributed by atoms with Crippen LogP contribution in [0.15, 0.2) is 29.1 Å². The van der Waals surface area contributed by atoms with E-state index in [4.69, 9.17) is 26.1 Å². The van der Waals surface area contributed by atoms with Crippen molar-refractivity contribution in [2.24, 2.45) is 0 Å². The molecule has 5 heterocycles. The van der Waals surface area contributed by atoms with Crippen LogP contribution in [0, 0.1) is 0 Å². The number of hydrogen-bond acceptors (Lipinski definition) is 8. The molecule has 0 radical (unpaired) electrons. The van der Waals surface area contributed by atoms with Gasteiger partial charge in [-0.1, -0.05) is 30.7 Å². The molecule has 2 aromatic heterocycles. The number of alkyl halides is 3. The highest BCUT2D eigenvalue weighted by molar-refractivity contribution is 6.34. The molecular weight excluding hydrogens is 615 g/mol. The summed E-state index contributed by atoms with van der Waals surface area (Å²) < 4.78 is 55.0. The van der Waals surface area contributed by atoms with Crippen LogP contribution in [0.25, 0.3) is 17.2 Å². The molecule has 0 atom stereocenters. The molecule has 0 saturated carbocycles. The van der Waals surface area contributed by atoms with E-state index >= 15 is 0 Å². The smallest absolute Gasteiger partial charge is 0.416 e. The molecule has 11 nitrogen and oxygen atoms in total. The highest BCUT2D eigenvalue weighted by Crippen LogP contribution is 2.46. The lowest BCUT2D eigenvalue weighted by Gasteiger charge is -2.31. The van der Waals surface area contributed by atoms with E-state index in [0.29, 0.717) is 68.6 Å². The lowest BCUT2D eigenvalue weighted by Crippen LogP contribution is -2.47. The number of fused-ring (bicyclic) bond motifs is 3. The van der Waals surface area contributed by atoms with Gasteiger partial charge in [-0.3, -0.25) is 9.59 Å². The van der Waals surface area contributed by atoms with Crippen LogP contribution in [0.3, 0.4) is 0 Å². The SMILES string of the molecule is CCc1c(N2CCNCC2)c(=O)n2nc(-c3ccc4c(c3)COC4)nc2n1CC(=O)Nc1c(Cl)cc(C(F)(F)F)c2c1OCC2. The summed E-state index contributed by atoms with van der Waals surface area (Å²) in [6.45, 7) is 5.12. The molecule has 2 aromatic carbocycles. The molecule has 15 heteroatoms. The van der Waals surface area contributed by atoms with Crippen molar-refractivity contribution in [2.45, 2.75) is 45.7 Å². The fourth-order valence-corrected chi connectivity index (χ4v) is 6.52.